The van der Waals surface area contributed by atoms with E-state index in [0.717, 1.165) is 41.0 Å². The molecule has 1 atom stereocenters. The van der Waals surface area contributed by atoms with Crippen molar-refractivity contribution in [3.63, 3.8) is 0 Å². The minimum atomic E-state index is -0.280. The van der Waals surface area contributed by atoms with Gasteiger partial charge in [0.05, 0.1) is 12.2 Å². The highest BCUT2D eigenvalue weighted by Gasteiger charge is 2.22. The molecule has 0 saturated carbocycles. The van der Waals surface area contributed by atoms with Crippen LogP contribution in [0.2, 0.25) is 0 Å². The van der Waals surface area contributed by atoms with Gasteiger partial charge in [0.15, 0.2) is 0 Å². The van der Waals surface area contributed by atoms with Crippen molar-refractivity contribution >= 4 is 11.7 Å². The van der Waals surface area contributed by atoms with Crippen molar-refractivity contribution in [2.45, 2.75) is 53.2 Å². The lowest BCUT2D eigenvalue weighted by molar-refractivity contribution is -0.145. The molecule has 0 aliphatic carbocycles. The Balaban J connectivity index is 2.38. The zero-order chi connectivity index (χ0) is 17.0. The van der Waals surface area contributed by atoms with Crippen molar-refractivity contribution in [3.8, 4) is 0 Å². The van der Waals surface area contributed by atoms with Crippen LogP contribution < -0.4 is 5.73 Å². The second-order valence-corrected chi connectivity index (χ2v) is 5.67. The first-order chi connectivity index (χ1) is 11.0. The van der Waals surface area contributed by atoms with E-state index in [9.17, 15) is 4.79 Å². The third kappa shape index (κ3) is 3.92. The number of hydrogen-bond donors (Lipinski definition) is 1. The number of esters is 1. The molecule has 0 aliphatic heterocycles. The Kier molecular flexibility index (Phi) is 5.42. The maximum absolute atomic E-state index is 11.3. The molecular weight excluding hydrogens is 290 g/mol. The van der Waals surface area contributed by atoms with Crippen molar-refractivity contribution < 1.29 is 9.53 Å². The summed E-state index contributed by atoms with van der Waals surface area (Å²) in [6.45, 7) is 8.19. The number of anilines is 1. The van der Waals surface area contributed by atoms with E-state index >= 15 is 0 Å². The van der Waals surface area contributed by atoms with Gasteiger partial charge in [-0.05, 0) is 37.5 Å². The molecule has 2 N–H and O–H groups in total. The number of nitrogens with zero attached hydrogens (tertiary/aromatic N) is 2. The first kappa shape index (κ1) is 17.1. The molecule has 124 valence electrons. The Morgan fingerprint density at radius 2 is 1.91 bits per heavy atom. The SMILES string of the molecule is CCc1nn(Cc2ccc(N)cc2)c(CC)c1C(C)OC(C)=O. The van der Waals surface area contributed by atoms with Gasteiger partial charge < -0.3 is 10.5 Å². The minimum Gasteiger partial charge on any atom is -0.458 e. The topological polar surface area (TPSA) is 70.1 Å². The van der Waals surface area contributed by atoms with Crippen molar-refractivity contribution in [1.29, 1.82) is 0 Å². The predicted molar refractivity (Wildman–Crippen MR) is 91.1 cm³/mol. The summed E-state index contributed by atoms with van der Waals surface area (Å²) in [5.41, 5.74) is 10.8. The lowest BCUT2D eigenvalue weighted by Crippen LogP contribution is -2.10. The molecule has 5 heteroatoms. The summed E-state index contributed by atoms with van der Waals surface area (Å²) in [6.07, 6.45) is 1.36. The van der Waals surface area contributed by atoms with Gasteiger partial charge in [-0.1, -0.05) is 26.0 Å². The van der Waals surface area contributed by atoms with Crippen LogP contribution in [0.1, 0.15) is 56.3 Å². The number of nitrogens with two attached hydrogens (primary N) is 1. The smallest absolute Gasteiger partial charge is 0.303 e. The molecule has 0 aliphatic rings. The Morgan fingerprint density at radius 1 is 1.26 bits per heavy atom. The largest absolute Gasteiger partial charge is 0.458 e. The van der Waals surface area contributed by atoms with Crippen molar-refractivity contribution in [1.82, 2.24) is 9.78 Å². The van der Waals surface area contributed by atoms with E-state index in [4.69, 9.17) is 15.6 Å². The van der Waals surface area contributed by atoms with E-state index in [0.29, 0.717) is 6.54 Å². The molecule has 5 nitrogen and oxygen atoms in total. The third-order valence-corrected chi connectivity index (χ3v) is 3.91. The average Bonchev–Trinajstić information content (AvgIpc) is 2.86. The number of benzene rings is 1. The fourth-order valence-electron chi connectivity index (χ4n) is 2.90. The lowest BCUT2D eigenvalue weighted by Gasteiger charge is -2.14. The Hall–Kier alpha value is -2.30. The first-order valence-electron chi connectivity index (χ1n) is 8.06. The van der Waals surface area contributed by atoms with E-state index in [1.807, 2.05) is 35.9 Å². The fraction of sp³-hybridized carbons (Fsp3) is 0.444. The number of carbonyl (C=O) groups is 1. The Bertz CT molecular complexity index is 674. The van der Waals surface area contributed by atoms with Gasteiger partial charge in [0.1, 0.15) is 6.10 Å². The molecule has 1 unspecified atom stereocenters. The van der Waals surface area contributed by atoms with Gasteiger partial charge in [-0.3, -0.25) is 9.48 Å². The van der Waals surface area contributed by atoms with Crippen LogP contribution in [0.25, 0.3) is 0 Å². The maximum atomic E-state index is 11.3. The molecule has 2 rings (SSSR count). The van der Waals surface area contributed by atoms with Gasteiger partial charge in [0, 0.05) is 23.9 Å². The van der Waals surface area contributed by atoms with E-state index in [1.54, 1.807) is 0 Å². The molecule has 0 radical (unpaired) electrons. The van der Waals surface area contributed by atoms with Gasteiger partial charge in [-0.15, -0.1) is 0 Å². The van der Waals surface area contributed by atoms with Crippen LogP contribution in [0.15, 0.2) is 24.3 Å². The Morgan fingerprint density at radius 3 is 2.43 bits per heavy atom. The number of aryl methyl sites for hydroxylation is 1. The zero-order valence-corrected chi connectivity index (χ0v) is 14.3. The normalized spacial score (nSPS) is 12.2. The summed E-state index contributed by atoms with van der Waals surface area (Å²) in [5.74, 6) is -0.270. The number of hydrogen-bond acceptors (Lipinski definition) is 4. The fourth-order valence-corrected chi connectivity index (χ4v) is 2.90. The average molecular weight is 315 g/mol. The molecule has 1 aromatic heterocycles. The lowest BCUT2D eigenvalue weighted by atomic mass is 10.0. The summed E-state index contributed by atoms with van der Waals surface area (Å²) in [4.78, 5) is 11.3. The van der Waals surface area contributed by atoms with Crippen LogP contribution in [0.3, 0.4) is 0 Å². The van der Waals surface area contributed by atoms with Crippen LogP contribution in [0.5, 0.6) is 0 Å². The van der Waals surface area contributed by atoms with Crippen LogP contribution in [-0.2, 0) is 28.9 Å². The highest BCUT2D eigenvalue weighted by molar-refractivity contribution is 5.66. The van der Waals surface area contributed by atoms with Crippen molar-refractivity contribution in [3.05, 3.63) is 46.8 Å². The number of nitrogen functional groups attached to an aromatic ring is 1. The number of rotatable bonds is 6. The monoisotopic (exact) mass is 315 g/mol. The molecule has 0 amide bonds. The zero-order valence-electron chi connectivity index (χ0n) is 14.3. The summed E-state index contributed by atoms with van der Waals surface area (Å²) in [6, 6.07) is 7.82. The summed E-state index contributed by atoms with van der Waals surface area (Å²) in [7, 11) is 0. The van der Waals surface area contributed by atoms with E-state index in [-0.39, 0.29) is 12.1 Å². The van der Waals surface area contributed by atoms with Gasteiger partial charge in [0.25, 0.3) is 0 Å². The number of ether oxygens (including phenoxy) is 1. The minimum absolute atomic E-state index is 0.270. The van der Waals surface area contributed by atoms with Crippen LogP contribution in [-0.4, -0.2) is 15.7 Å². The van der Waals surface area contributed by atoms with Crippen LogP contribution >= 0.6 is 0 Å². The molecule has 0 saturated heterocycles. The molecule has 2 aromatic rings. The molecule has 1 aromatic carbocycles. The van der Waals surface area contributed by atoms with Crippen molar-refractivity contribution in [2.24, 2.45) is 0 Å². The number of carbonyl (C=O) groups excluding carboxylic acids is 1. The standard InChI is InChI=1S/C18H25N3O2/c1-5-16-18(12(3)23-13(4)22)17(6-2)21(20-16)11-14-7-9-15(19)10-8-14/h7-10,12H,5-6,11,19H2,1-4H3. The molecular formula is C18H25N3O2. The van der Waals surface area contributed by atoms with Gasteiger partial charge in [0.2, 0.25) is 0 Å². The van der Waals surface area contributed by atoms with Crippen molar-refractivity contribution in [2.75, 3.05) is 5.73 Å². The van der Waals surface area contributed by atoms with Gasteiger partial charge >= 0.3 is 5.97 Å². The predicted octanol–water partition coefficient (Wildman–Crippen LogP) is 3.26. The second-order valence-electron chi connectivity index (χ2n) is 5.67. The van der Waals surface area contributed by atoms with Crippen LogP contribution in [0.4, 0.5) is 5.69 Å². The molecule has 1 heterocycles. The molecule has 23 heavy (non-hydrogen) atoms. The van der Waals surface area contributed by atoms with Gasteiger partial charge in [-0.2, -0.15) is 5.10 Å². The second kappa shape index (κ2) is 7.31. The van der Waals surface area contributed by atoms with Crippen LogP contribution in [0, 0.1) is 0 Å². The maximum Gasteiger partial charge on any atom is 0.303 e. The Labute approximate surface area is 137 Å². The highest BCUT2D eigenvalue weighted by Crippen LogP contribution is 2.27. The first-order valence-corrected chi connectivity index (χ1v) is 8.06. The summed E-state index contributed by atoms with van der Waals surface area (Å²) >= 11 is 0. The quantitative estimate of drug-likeness (QED) is 0.656. The summed E-state index contributed by atoms with van der Waals surface area (Å²) < 4.78 is 7.41. The highest BCUT2D eigenvalue weighted by atomic mass is 16.5. The van der Waals surface area contributed by atoms with E-state index in [2.05, 4.69) is 13.8 Å². The van der Waals surface area contributed by atoms with Gasteiger partial charge in [-0.25, -0.2) is 0 Å². The van der Waals surface area contributed by atoms with E-state index < -0.39 is 0 Å². The van der Waals surface area contributed by atoms with E-state index in [1.165, 1.54) is 6.92 Å². The number of aromatic nitrogens is 2. The summed E-state index contributed by atoms with van der Waals surface area (Å²) in [5, 5.41) is 4.74. The molecule has 0 fully saturated rings. The molecule has 0 spiro atoms. The third-order valence-electron chi connectivity index (χ3n) is 3.91. The molecule has 0 bridgehead atoms.